The van der Waals surface area contributed by atoms with Gasteiger partial charge in [-0.05, 0) is 18.1 Å². The van der Waals surface area contributed by atoms with Gasteiger partial charge in [-0.15, -0.1) is 0 Å². The summed E-state index contributed by atoms with van der Waals surface area (Å²) in [4.78, 5) is 14.5. The van der Waals surface area contributed by atoms with Crippen LogP contribution in [0.1, 0.15) is 31.2 Å². The van der Waals surface area contributed by atoms with E-state index in [2.05, 4.69) is 4.98 Å². The van der Waals surface area contributed by atoms with Crippen molar-refractivity contribution in [3.8, 4) is 0 Å². The molecule has 1 heterocycles. The highest BCUT2D eigenvalue weighted by Crippen LogP contribution is 2.21. The average molecular weight is 197 g/mol. The van der Waals surface area contributed by atoms with E-state index in [-0.39, 0.29) is 0 Å². The van der Waals surface area contributed by atoms with Crippen LogP contribution >= 0.6 is 0 Å². The first kappa shape index (κ1) is 10.6. The minimum Gasteiger partial charge on any atom is -0.481 e. The number of carboxylic acids is 1. The fourth-order valence-corrected chi connectivity index (χ4v) is 1.34. The van der Waals surface area contributed by atoms with Crippen LogP contribution in [0.15, 0.2) is 18.5 Å². The summed E-state index contributed by atoms with van der Waals surface area (Å²) in [5.74, 6) is -2.08. The van der Waals surface area contributed by atoms with E-state index in [0.29, 0.717) is 12.0 Å². The molecule has 1 aromatic rings. The van der Waals surface area contributed by atoms with Crippen LogP contribution in [0.3, 0.4) is 0 Å². The number of carbonyl (C=O) groups is 1. The smallest absolute Gasteiger partial charge is 0.311 e. The number of aliphatic carboxylic acids is 1. The quantitative estimate of drug-likeness (QED) is 0.804. The van der Waals surface area contributed by atoms with E-state index in [1.807, 2.05) is 6.92 Å². The summed E-state index contributed by atoms with van der Waals surface area (Å²) in [5, 5.41) is 8.90. The second-order valence-electron chi connectivity index (χ2n) is 3.12. The van der Waals surface area contributed by atoms with Gasteiger partial charge >= 0.3 is 5.97 Å². The molecule has 1 unspecified atom stereocenters. The zero-order chi connectivity index (χ0) is 10.6. The van der Waals surface area contributed by atoms with Gasteiger partial charge in [-0.2, -0.15) is 0 Å². The van der Waals surface area contributed by atoms with Gasteiger partial charge in [0, 0.05) is 6.20 Å². The van der Waals surface area contributed by atoms with Crippen LogP contribution in [-0.2, 0) is 4.79 Å². The van der Waals surface area contributed by atoms with Gasteiger partial charge in [-0.25, -0.2) is 4.39 Å². The lowest BCUT2D eigenvalue weighted by molar-refractivity contribution is -0.139. The first-order valence-corrected chi connectivity index (χ1v) is 4.48. The molecule has 0 saturated heterocycles. The summed E-state index contributed by atoms with van der Waals surface area (Å²) in [6, 6.07) is 1.22. The molecular formula is C10H12FNO2. The van der Waals surface area contributed by atoms with E-state index in [9.17, 15) is 9.18 Å². The zero-order valence-electron chi connectivity index (χ0n) is 7.90. The molecule has 0 aromatic carbocycles. The zero-order valence-corrected chi connectivity index (χ0v) is 7.90. The number of hydrogen-bond acceptors (Lipinski definition) is 2. The van der Waals surface area contributed by atoms with E-state index in [1.165, 1.54) is 12.3 Å². The minimum absolute atomic E-state index is 0.430. The molecule has 0 saturated carbocycles. The van der Waals surface area contributed by atoms with Crippen LogP contribution in [-0.4, -0.2) is 16.1 Å². The number of aromatic nitrogens is 1. The first-order valence-electron chi connectivity index (χ1n) is 4.48. The standard InChI is InChI=1S/C10H12FNO2/c1-2-3-9(10(13)14)7-4-8(11)6-12-5-7/h4-6,9H,2-3H2,1H3,(H,13,14). The molecule has 76 valence electrons. The highest BCUT2D eigenvalue weighted by atomic mass is 19.1. The van der Waals surface area contributed by atoms with Crippen LogP contribution < -0.4 is 0 Å². The summed E-state index contributed by atoms with van der Waals surface area (Å²) < 4.78 is 12.8. The summed E-state index contributed by atoms with van der Waals surface area (Å²) in [7, 11) is 0. The maximum absolute atomic E-state index is 12.8. The largest absolute Gasteiger partial charge is 0.481 e. The van der Waals surface area contributed by atoms with Crippen molar-refractivity contribution in [2.45, 2.75) is 25.7 Å². The fourth-order valence-electron chi connectivity index (χ4n) is 1.34. The Kier molecular flexibility index (Phi) is 3.56. The molecule has 0 aliphatic heterocycles. The van der Waals surface area contributed by atoms with Gasteiger partial charge in [0.05, 0.1) is 12.1 Å². The molecule has 1 atom stereocenters. The molecule has 1 aromatic heterocycles. The van der Waals surface area contributed by atoms with E-state index in [1.54, 1.807) is 0 Å². The lowest BCUT2D eigenvalue weighted by atomic mass is 9.96. The van der Waals surface area contributed by atoms with Crippen LogP contribution in [0.5, 0.6) is 0 Å². The summed E-state index contributed by atoms with van der Waals surface area (Å²) in [6.07, 6.45) is 3.71. The van der Waals surface area contributed by atoms with Crippen molar-refractivity contribution in [1.29, 1.82) is 0 Å². The molecule has 0 radical (unpaired) electrons. The predicted molar refractivity (Wildman–Crippen MR) is 49.5 cm³/mol. The molecule has 0 aliphatic carbocycles. The van der Waals surface area contributed by atoms with Gasteiger partial charge in [0.25, 0.3) is 0 Å². The maximum atomic E-state index is 12.8. The summed E-state index contributed by atoms with van der Waals surface area (Å²) in [6.45, 7) is 1.89. The summed E-state index contributed by atoms with van der Waals surface area (Å²) in [5.41, 5.74) is 0.430. The van der Waals surface area contributed by atoms with Gasteiger partial charge in [-0.1, -0.05) is 13.3 Å². The molecule has 3 nitrogen and oxygen atoms in total. The van der Waals surface area contributed by atoms with E-state index < -0.39 is 17.7 Å². The van der Waals surface area contributed by atoms with Gasteiger partial charge < -0.3 is 5.11 Å². The SMILES string of the molecule is CCCC(C(=O)O)c1cncc(F)c1. The van der Waals surface area contributed by atoms with Crippen LogP contribution in [0.4, 0.5) is 4.39 Å². The Morgan fingerprint density at radius 1 is 1.64 bits per heavy atom. The molecule has 0 aliphatic rings. The van der Waals surface area contributed by atoms with Crippen molar-refractivity contribution in [2.75, 3.05) is 0 Å². The predicted octanol–water partition coefficient (Wildman–Crippen LogP) is 2.19. The molecule has 0 amide bonds. The van der Waals surface area contributed by atoms with Gasteiger partial charge in [0.15, 0.2) is 0 Å². The minimum atomic E-state index is -0.931. The van der Waals surface area contributed by atoms with Crippen LogP contribution in [0.2, 0.25) is 0 Å². The maximum Gasteiger partial charge on any atom is 0.311 e. The Bertz CT molecular complexity index is 328. The van der Waals surface area contributed by atoms with Crippen molar-refractivity contribution in [3.63, 3.8) is 0 Å². The Balaban J connectivity index is 2.93. The highest BCUT2D eigenvalue weighted by Gasteiger charge is 2.19. The van der Waals surface area contributed by atoms with Gasteiger partial charge in [-0.3, -0.25) is 9.78 Å². The molecule has 1 N–H and O–H groups in total. The molecule has 0 spiro atoms. The third kappa shape index (κ3) is 2.52. The molecule has 4 heteroatoms. The molecular weight excluding hydrogens is 185 g/mol. The molecule has 1 rings (SSSR count). The van der Waals surface area contributed by atoms with Gasteiger partial charge in [0.1, 0.15) is 5.82 Å². The Hall–Kier alpha value is -1.45. The van der Waals surface area contributed by atoms with E-state index >= 15 is 0 Å². The number of carboxylic acid groups (broad SMARTS) is 1. The Morgan fingerprint density at radius 3 is 2.86 bits per heavy atom. The number of nitrogens with zero attached hydrogens (tertiary/aromatic N) is 1. The second-order valence-corrected chi connectivity index (χ2v) is 3.12. The van der Waals surface area contributed by atoms with Crippen molar-refractivity contribution < 1.29 is 14.3 Å². The van der Waals surface area contributed by atoms with E-state index in [4.69, 9.17) is 5.11 Å². The Morgan fingerprint density at radius 2 is 2.36 bits per heavy atom. The molecule has 0 bridgehead atoms. The van der Waals surface area contributed by atoms with Crippen molar-refractivity contribution in [3.05, 3.63) is 29.8 Å². The van der Waals surface area contributed by atoms with Crippen molar-refractivity contribution in [1.82, 2.24) is 4.98 Å². The highest BCUT2D eigenvalue weighted by molar-refractivity contribution is 5.75. The Labute approximate surface area is 81.6 Å². The number of halogens is 1. The first-order chi connectivity index (χ1) is 6.65. The normalized spacial score (nSPS) is 12.4. The fraction of sp³-hybridized carbons (Fsp3) is 0.400. The lowest BCUT2D eigenvalue weighted by Gasteiger charge is -2.10. The topological polar surface area (TPSA) is 50.2 Å². The van der Waals surface area contributed by atoms with Crippen LogP contribution in [0, 0.1) is 5.82 Å². The number of rotatable bonds is 4. The average Bonchev–Trinajstić information content (AvgIpc) is 2.13. The monoisotopic (exact) mass is 197 g/mol. The number of hydrogen-bond donors (Lipinski definition) is 1. The number of pyridine rings is 1. The van der Waals surface area contributed by atoms with Gasteiger partial charge in [0.2, 0.25) is 0 Å². The second kappa shape index (κ2) is 4.69. The lowest BCUT2D eigenvalue weighted by Crippen LogP contribution is -2.11. The molecule has 0 fully saturated rings. The van der Waals surface area contributed by atoms with Crippen molar-refractivity contribution in [2.24, 2.45) is 0 Å². The summed E-state index contributed by atoms with van der Waals surface area (Å²) >= 11 is 0. The molecule has 14 heavy (non-hydrogen) atoms. The van der Waals surface area contributed by atoms with Crippen molar-refractivity contribution >= 4 is 5.97 Å². The third-order valence-corrected chi connectivity index (χ3v) is 2.00. The van der Waals surface area contributed by atoms with Crippen LogP contribution in [0.25, 0.3) is 0 Å². The van der Waals surface area contributed by atoms with E-state index in [0.717, 1.165) is 12.6 Å². The third-order valence-electron chi connectivity index (χ3n) is 2.00.